The van der Waals surface area contributed by atoms with Crippen LogP contribution in [0.3, 0.4) is 0 Å². The normalized spacial score (nSPS) is 10.3. The number of benzene rings is 1. The number of hydrogen-bond acceptors (Lipinski definition) is 2. The maximum Gasteiger partial charge on any atom is 0.0556 e. The second-order valence-corrected chi connectivity index (χ2v) is 3.07. The lowest BCUT2D eigenvalue weighted by atomic mass is 10.1. The van der Waals surface area contributed by atoms with Gasteiger partial charge in [-0.3, -0.25) is 0 Å². The van der Waals surface area contributed by atoms with Gasteiger partial charge >= 0.3 is 0 Å². The third-order valence-electron chi connectivity index (χ3n) is 2.02. The minimum absolute atomic E-state index is 0.202. The fourth-order valence-electron chi connectivity index (χ4n) is 1.27. The molecule has 0 radical (unpaired) electrons. The summed E-state index contributed by atoms with van der Waals surface area (Å²) in [6, 6.07) is 8.51. The Morgan fingerprint density at radius 3 is 2.77 bits per heavy atom. The quantitative estimate of drug-likeness (QED) is 0.668. The van der Waals surface area contributed by atoms with Crippen LogP contribution >= 0.6 is 0 Å². The molecule has 2 nitrogen and oxygen atoms in total. The van der Waals surface area contributed by atoms with Gasteiger partial charge in [-0.05, 0) is 17.5 Å². The van der Waals surface area contributed by atoms with Crippen molar-refractivity contribution >= 4 is 0 Å². The largest absolute Gasteiger partial charge is 0.395 e. The Kier molecular flexibility index (Phi) is 4.50. The fraction of sp³-hybridized carbons (Fsp3) is 0.455. The average Bonchev–Trinajstić information content (AvgIpc) is 2.19. The molecule has 0 unspecified atom stereocenters. The van der Waals surface area contributed by atoms with Crippen molar-refractivity contribution in [2.45, 2.75) is 19.9 Å². The first-order chi connectivity index (χ1) is 6.36. The summed E-state index contributed by atoms with van der Waals surface area (Å²) in [6.45, 7) is 3.86. The lowest BCUT2D eigenvalue weighted by Gasteiger charge is -2.04. The standard InChI is InChI=1S/C11H17NO/c1-2-10-4-3-5-11(8-10)9-12-6-7-13/h3-5,8,12-13H,2,6-7,9H2,1H3. The number of aliphatic hydroxyl groups is 1. The maximum absolute atomic E-state index is 8.58. The van der Waals surface area contributed by atoms with E-state index in [0.717, 1.165) is 13.0 Å². The van der Waals surface area contributed by atoms with Crippen LogP contribution < -0.4 is 5.32 Å². The van der Waals surface area contributed by atoms with Crippen molar-refractivity contribution in [3.63, 3.8) is 0 Å². The molecule has 0 fully saturated rings. The molecule has 1 aromatic rings. The zero-order chi connectivity index (χ0) is 9.52. The zero-order valence-electron chi connectivity index (χ0n) is 8.09. The minimum atomic E-state index is 0.202. The van der Waals surface area contributed by atoms with Crippen molar-refractivity contribution in [3.05, 3.63) is 35.4 Å². The van der Waals surface area contributed by atoms with E-state index in [0.29, 0.717) is 6.54 Å². The van der Waals surface area contributed by atoms with E-state index in [2.05, 4.69) is 36.5 Å². The van der Waals surface area contributed by atoms with Gasteiger partial charge in [-0.2, -0.15) is 0 Å². The van der Waals surface area contributed by atoms with Crippen molar-refractivity contribution in [1.29, 1.82) is 0 Å². The summed E-state index contributed by atoms with van der Waals surface area (Å²) < 4.78 is 0. The predicted molar refractivity (Wildman–Crippen MR) is 54.6 cm³/mol. The second kappa shape index (κ2) is 5.73. The lowest BCUT2D eigenvalue weighted by Crippen LogP contribution is -2.17. The van der Waals surface area contributed by atoms with Crippen molar-refractivity contribution in [3.8, 4) is 0 Å². The summed E-state index contributed by atoms with van der Waals surface area (Å²) in [4.78, 5) is 0. The van der Waals surface area contributed by atoms with Crippen LogP contribution in [0.2, 0.25) is 0 Å². The molecule has 2 N–H and O–H groups in total. The third kappa shape index (κ3) is 3.57. The van der Waals surface area contributed by atoms with E-state index >= 15 is 0 Å². The maximum atomic E-state index is 8.58. The average molecular weight is 179 g/mol. The van der Waals surface area contributed by atoms with Gasteiger partial charge in [-0.25, -0.2) is 0 Å². The highest BCUT2D eigenvalue weighted by atomic mass is 16.3. The van der Waals surface area contributed by atoms with E-state index in [1.54, 1.807) is 0 Å². The van der Waals surface area contributed by atoms with Crippen LogP contribution in [0, 0.1) is 0 Å². The number of aryl methyl sites for hydroxylation is 1. The molecule has 0 heterocycles. The van der Waals surface area contributed by atoms with Crippen molar-refractivity contribution < 1.29 is 5.11 Å². The Labute approximate surface area is 79.6 Å². The van der Waals surface area contributed by atoms with Crippen molar-refractivity contribution in [2.75, 3.05) is 13.2 Å². The van der Waals surface area contributed by atoms with E-state index < -0.39 is 0 Å². The molecule has 1 aromatic carbocycles. The molecular weight excluding hydrogens is 162 g/mol. The van der Waals surface area contributed by atoms with Crippen LogP contribution in [-0.2, 0) is 13.0 Å². The molecule has 0 aliphatic rings. The lowest BCUT2D eigenvalue weighted by molar-refractivity contribution is 0.292. The van der Waals surface area contributed by atoms with Crippen LogP contribution in [0.15, 0.2) is 24.3 Å². The summed E-state index contributed by atoms with van der Waals surface area (Å²) in [6.07, 6.45) is 1.08. The predicted octanol–water partition coefficient (Wildman–Crippen LogP) is 1.33. The first-order valence-corrected chi connectivity index (χ1v) is 4.76. The highest BCUT2D eigenvalue weighted by Gasteiger charge is 1.93. The van der Waals surface area contributed by atoms with Gasteiger partial charge in [-0.15, -0.1) is 0 Å². The molecule has 0 aliphatic heterocycles. The number of hydrogen-bond donors (Lipinski definition) is 2. The smallest absolute Gasteiger partial charge is 0.0556 e. The monoisotopic (exact) mass is 179 g/mol. The molecule has 0 aromatic heterocycles. The first kappa shape index (κ1) is 10.2. The summed E-state index contributed by atoms with van der Waals surface area (Å²) >= 11 is 0. The van der Waals surface area contributed by atoms with Gasteiger partial charge in [0.2, 0.25) is 0 Å². The summed E-state index contributed by atoms with van der Waals surface area (Å²) in [5, 5.41) is 11.7. The van der Waals surface area contributed by atoms with E-state index in [-0.39, 0.29) is 6.61 Å². The highest BCUT2D eigenvalue weighted by Crippen LogP contribution is 2.05. The van der Waals surface area contributed by atoms with E-state index in [4.69, 9.17) is 5.11 Å². The van der Waals surface area contributed by atoms with Gasteiger partial charge in [0.15, 0.2) is 0 Å². The molecule has 0 atom stereocenters. The Morgan fingerprint density at radius 2 is 2.08 bits per heavy atom. The Morgan fingerprint density at radius 1 is 1.31 bits per heavy atom. The highest BCUT2D eigenvalue weighted by molar-refractivity contribution is 5.23. The molecule has 0 saturated heterocycles. The molecular formula is C11H17NO. The SMILES string of the molecule is CCc1cccc(CNCCO)c1. The Bertz CT molecular complexity index is 248. The van der Waals surface area contributed by atoms with Gasteiger partial charge in [0, 0.05) is 13.1 Å². The summed E-state index contributed by atoms with van der Waals surface area (Å²) in [5.74, 6) is 0. The summed E-state index contributed by atoms with van der Waals surface area (Å²) in [7, 11) is 0. The van der Waals surface area contributed by atoms with Gasteiger partial charge in [0.05, 0.1) is 6.61 Å². The molecule has 72 valence electrons. The first-order valence-electron chi connectivity index (χ1n) is 4.76. The number of rotatable bonds is 5. The Balaban J connectivity index is 2.46. The van der Waals surface area contributed by atoms with Crippen molar-refractivity contribution in [2.24, 2.45) is 0 Å². The molecule has 0 amide bonds. The Hall–Kier alpha value is -0.860. The molecule has 13 heavy (non-hydrogen) atoms. The van der Waals surface area contributed by atoms with Crippen LogP contribution in [0.5, 0.6) is 0 Å². The zero-order valence-corrected chi connectivity index (χ0v) is 8.09. The summed E-state index contributed by atoms with van der Waals surface area (Å²) in [5.41, 5.74) is 2.65. The van der Waals surface area contributed by atoms with E-state index in [9.17, 15) is 0 Å². The molecule has 2 heteroatoms. The number of aliphatic hydroxyl groups excluding tert-OH is 1. The van der Waals surface area contributed by atoms with E-state index in [1.807, 2.05) is 0 Å². The number of nitrogens with one attached hydrogen (secondary N) is 1. The van der Waals surface area contributed by atoms with Crippen molar-refractivity contribution in [1.82, 2.24) is 5.32 Å². The molecule has 0 spiro atoms. The van der Waals surface area contributed by atoms with E-state index in [1.165, 1.54) is 11.1 Å². The fourth-order valence-corrected chi connectivity index (χ4v) is 1.27. The molecule has 0 saturated carbocycles. The molecule has 0 aliphatic carbocycles. The molecule has 0 bridgehead atoms. The van der Waals surface area contributed by atoms with Gasteiger partial charge in [0.25, 0.3) is 0 Å². The second-order valence-electron chi connectivity index (χ2n) is 3.07. The van der Waals surface area contributed by atoms with Gasteiger partial charge in [-0.1, -0.05) is 31.2 Å². The topological polar surface area (TPSA) is 32.3 Å². The van der Waals surface area contributed by atoms with Crippen LogP contribution in [-0.4, -0.2) is 18.3 Å². The minimum Gasteiger partial charge on any atom is -0.395 e. The van der Waals surface area contributed by atoms with Crippen LogP contribution in [0.1, 0.15) is 18.1 Å². The van der Waals surface area contributed by atoms with Crippen LogP contribution in [0.25, 0.3) is 0 Å². The van der Waals surface area contributed by atoms with Crippen LogP contribution in [0.4, 0.5) is 0 Å². The van der Waals surface area contributed by atoms with Gasteiger partial charge < -0.3 is 10.4 Å². The van der Waals surface area contributed by atoms with Gasteiger partial charge in [0.1, 0.15) is 0 Å². The third-order valence-corrected chi connectivity index (χ3v) is 2.02. The molecule has 1 rings (SSSR count).